The van der Waals surface area contributed by atoms with Crippen molar-refractivity contribution >= 4 is 32.7 Å². The van der Waals surface area contributed by atoms with Crippen molar-refractivity contribution in [2.24, 2.45) is 5.92 Å². The van der Waals surface area contributed by atoms with Crippen LogP contribution in [0.25, 0.3) is 10.8 Å². The maximum atomic E-state index is 13.5. The third-order valence-corrected chi connectivity index (χ3v) is 7.86. The number of urea groups is 1. The number of carbonyl (C=O) groups is 2. The largest absolute Gasteiger partial charge is 0.352 e. The highest BCUT2D eigenvalue weighted by Crippen LogP contribution is 2.24. The molecule has 36 heavy (non-hydrogen) atoms. The molecule has 0 saturated carbocycles. The van der Waals surface area contributed by atoms with E-state index in [2.05, 4.69) is 17.1 Å². The highest BCUT2D eigenvalue weighted by Gasteiger charge is 2.29. The topological polar surface area (TPSA) is 98.8 Å². The first kappa shape index (κ1) is 25.7. The second-order valence-corrected chi connectivity index (χ2v) is 11.0. The SMILES string of the molecule is CC(=O)NCc1ccc(CN(NS(=O)(=O)c2cccc3ccccc23)C(=O)N2CCC(C)CC2)cc1. The first-order valence-corrected chi connectivity index (χ1v) is 13.6. The molecule has 1 saturated heterocycles. The Hall–Kier alpha value is -3.43. The summed E-state index contributed by atoms with van der Waals surface area (Å²) in [7, 11) is -4.05. The second kappa shape index (κ2) is 11.1. The smallest absolute Gasteiger partial charge is 0.335 e. The Morgan fingerprint density at radius 3 is 2.28 bits per heavy atom. The lowest BCUT2D eigenvalue weighted by atomic mass is 10.00. The zero-order chi connectivity index (χ0) is 25.7. The summed E-state index contributed by atoms with van der Waals surface area (Å²) in [5.74, 6) is 0.417. The molecule has 0 aromatic heterocycles. The fourth-order valence-corrected chi connectivity index (χ4v) is 5.57. The molecule has 4 rings (SSSR count). The molecule has 1 heterocycles. The zero-order valence-corrected chi connectivity index (χ0v) is 21.4. The summed E-state index contributed by atoms with van der Waals surface area (Å²) in [6.07, 6.45) is 1.76. The Kier molecular flexibility index (Phi) is 7.91. The van der Waals surface area contributed by atoms with Gasteiger partial charge in [0.05, 0.1) is 11.4 Å². The number of fused-ring (bicyclic) bond motifs is 1. The molecule has 9 heteroatoms. The van der Waals surface area contributed by atoms with Crippen LogP contribution in [0.5, 0.6) is 0 Å². The van der Waals surface area contributed by atoms with Gasteiger partial charge in [-0.25, -0.2) is 18.2 Å². The van der Waals surface area contributed by atoms with E-state index < -0.39 is 10.0 Å². The van der Waals surface area contributed by atoms with E-state index >= 15 is 0 Å². The van der Waals surface area contributed by atoms with E-state index in [0.717, 1.165) is 29.4 Å². The van der Waals surface area contributed by atoms with Crippen LogP contribution in [0.4, 0.5) is 4.79 Å². The number of sulfonamides is 1. The number of hydrogen-bond acceptors (Lipinski definition) is 4. The predicted molar refractivity (Wildman–Crippen MR) is 139 cm³/mol. The van der Waals surface area contributed by atoms with Crippen molar-refractivity contribution in [2.75, 3.05) is 13.1 Å². The number of rotatable bonds is 7. The summed E-state index contributed by atoms with van der Waals surface area (Å²) >= 11 is 0. The molecule has 2 N–H and O–H groups in total. The molecule has 8 nitrogen and oxygen atoms in total. The van der Waals surface area contributed by atoms with Gasteiger partial charge in [0.2, 0.25) is 5.91 Å². The number of nitrogens with zero attached hydrogens (tertiary/aromatic N) is 2. The number of nitrogens with one attached hydrogen (secondary N) is 2. The lowest BCUT2D eigenvalue weighted by molar-refractivity contribution is -0.119. The fraction of sp³-hybridized carbons (Fsp3) is 0.333. The number of hydrogen-bond donors (Lipinski definition) is 2. The average molecular weight is 509 g/mol. The van der Waals surface area contributed by atoms with Gasteiger partial charge in [-0.15, -0.1) is 4.83 Å². The van der Waals surface area contributed by atoms with Crippen LogP contribution in [0.3, 0.4) is 0 Å². The molecule has 0 bridgehead atoms. The van der Waals surface area contributed by atoms with E-state index in [1.165, 1.54) is 11.9 Å². The van der Waals surface area contributed by atoms with Gasteiger partial charge < -0.3 is 10.2 Å². The number of benzene rings is 3. The molecule has 3 aromatic carbocycles. The van der Waals surface area contributed by atoms with Crippen molar-refractivity contribution in [3.8, 4) is 0 Å². The number of likely N-dealkylation sites (tertiary alicyclic amines) is 1. The van der Waals surface area contributed by atoms with Crippen LogP contribution in [0.1, 0.15) is 37.8 Å². The van der Waals surface area contributed by atoms with Crippen LogP contribution < -0.4 is 10.1 Å². The van der Waals surface area contributed by atoms with Gasteiger partial charge in [-0.05, 0) is 41.3 Å². The molecule has 0 radical (unpaired) electrons. The Bertz CT molecular complexity index is 1330. The van der Waals surface area contributed by atoms with Gasteiger partial charge in [0.25, 0.3) is 10.0 Å². The Morgan fingerprint density at radius 2 is 1.58 bits per heavy atom. The Labute approximate surface area is 212 Å². The van der Waals surface area contributed by atoms with Crippen molar-refractivity contribution in [1.29, 1.82) is 0 Å². The number of hydrazine groups is 1. The predicted octanol–water partition coefficient (Wildman–Crippen LogP) is 4.02. The van der Waals surface area contributed by atoms with E-state index in [4.69, 9.17) is 0 Å². The summed E-state index contributed by atoms with van der Waals surface area (Å²) in [6, 6.07) is 19.4. The minimum absolute atomic E-state index is 0.0648. The molecule has 0 spiro atoms. The molecule has 1 fully saturated rings. The molecule has 3 aromatic rings. The average Bonchev–Trinajstić information content (AvgIpc) is 2.87. The van der Waals surface area contributed by atoms with Gasteiger partial charge in [0, 0.05) is 31.9 Å². The summed E-state index contributed by atoms with van der Waals surface area (Å²) < 4.78 is 27.1. The lowest BCUT2D eigenvalue weighted by Crippen LogP contribution is -2.53. The molecular formula is C27H32N4O4S. The first-order valence-electron chi connectivity index (χ1n) is 12.1. The normalized spacial score (nSPS) is 14.6. The van der Waals surface area contributed by atoms with Crippen molar-refractivity contribution in [3.05, 3.63) is 77.9 Å². The standard InChI is InChI=1S/C27H32N4O4S/c1-20-14-16-30(17-15-20)27(33)31(19-23-12-10-22(11-13-23)18-28-21(2)32)29-36(34,35)26-9-5-7-24-6-3-4-8-25(24)26/h3-13,20,29H,14-19H2,1-2H3,(H,28,32). The van der Waals surface area contributed by atoms with E-state index in [1.54, 1.807) is 29.2 Å². The molecule has 1 aliphatic rings. The van der Waals surface area contributed by atoms with Crippen LogP contribution in [-0.2, 0) is 27.9 Å². The van der Waals surface area contributed by atoms with Crippen molar-refractivity contribution < 1.29 is 18.0 Å². The number of piperidine rings is 1. The van der Waals surface area contributed by atoms with Gasteiger partial charge in [-0.3, -0.25) is 4.79 Å². The third-order valence-electron chi connectivity index (χ3n) is 6.46. The molecule has 0 unspecified atom stereocenters. The molecule has 0 aliphatic carbocycles. The van der Waals surface area contributed by atoms with Crippen molar-refractivity contribution in [3.63, 3.8) is 0 Å². The lowest BCUT2D eigenvalue weighted by Gasteiger charge is -2.34. The number of carbonyl (C=O) groups excluding carboxylic acids is 2. The summed E-state index contributed by atoms with van der Waals surface area (Å²) in [6.45, 7) is 5.25. The number of amides is 3. The van der Waals surface area contributed by atoms with Crippen molar-refractivity contribution in [2.45, 2.75) is 44.7 Å². The van der Waals surface area contributed by atoms with Crippen LogP contribution >= 0.6 is 0 Å². The molecule has 0 atom stereocenters. The molecule has 3 amide bonds. The zero-order valence-electron chi connectivity index (χ0n) is 20.6. The van der Waals surface area contributed by atoms with Crippen LogP contribution in [0.2, 0.25) is 0 Å². The van der Waals surface area contributed by atoms with Crippen molar-refractivity contribution in [1.82, 2.24) is 20.1 Å². The van der Waals surface area contributed by atoms with Crippen LogP contribution in [-0.4, -0.2) is 43.4 Å². The first-order chi connectivity index (χ1) is 17.2. The summed E-state index contributed by atoms with van der Waals surface area (Å²) in [5, 5.41) is 5.33. The summed E-state index contributed by atoms with van der Waals surface area (Å²) in [5.41, 5.74) is 1.68. The Morgan fingerprint density at radius 1 is 0.944 bits per heavy atom. The minimum Gasteiger partial charge on any atom is -0.352 e. The summed E-state index contributed by atoms with van der Waals surface area (Å²) in [4.78, 5) is 29.1. The Balaban J connectivity index is 1.60. The fourth-order valence-electron chi connectivity index (χ4n) is 4.31. The van der Waals surface area contributed by atoms with Gasteiger partial charge in [0.1, 0.15) is 0 Å². The molecule has 1 aliphatic heterocycles. The monoisotopic (exact) mass is 508 g/mol. The molecule has 190 valence electrons. The molecular weight excluding hydrogens is 476 g/mol. The highest BCUT2D eigenvalue weighted by atomic mass is 32.2. The van der Waals surface area contributed by atoms with E-state index in [1.807, 2.05) is 42.5 Å². The van der Waals surface area contributed by atoms with Gasteiger partial charge in [-0.2, -0.15) is 0 Å². The van der Waals surface area contributed by atoms with Crippen LogP contribution in [0, 0.1) is 5.92 Å². The van der Waals surface area contributed by atoms with E-state index in [9.17, 15) is 18.0 Å². The quantitative estimate of drug-likeness (QED) is 0.471. The minimum atomic E-state index is -4.05. The van der Waals surface area contributed by atoms with Crippen LogP contribution in [0.15, 0.2) is 71.6 Å². The second-order valence-electron chi connectivity index (χ2n) is 9.34. The van der Waals surface area contributed by atoms with E-state index in [-0.39, 0.29) is 23.4 Å². The van der Waals surface area contributed by atoms with Gasteiger partial charge in [0.15, 0.2) is 0 Å². The van der Waals surface area contributed by atoms with Gasteiger partial charge in [-0.1, -0.05) is 67.6 Å². The maximum Gasteiger partial charge on any atom is 0.335 e. The third kappa shape index (κ3) is 6.22. The van der Waals surface area contributed by atoms with E-state index in [0.29, 0.717) is 30.9 Å². The highest BCUT2D eigenvalue weighted by molar-refractivity contribution is 7.89. The maximum absolute atomic E-state index is 13.5. The van der Waals surface area contributed by atoms with Gasteiger partial charge >= 0.3 is 6.03 Å².